The van der Waals surface area contributed by atoms with Crippen LogP contribution in [0, 0.1) is 0 Å². The third-order valence-corrected chi connectivity index (χ3v) is 5.28. The highest BCUT2D eigenvalue weighted by Gasteiger charge is 2.36. The second kappa shape index (κ2) is 11.2. The Morgan fingerprint density at radius 2 is 1.85 bits per heavy atom. The largest absolute Gasteiger partial charge is 0.493 e. The van der Waals surface area contributed by atoms with Gasteiger partial charge < -0.3 is 19.5 Å². The Kier molecular flexibility index (Phi) is 8.09. The fraction of sp³-hybridized carbons (Fsp3) is 0.217. The normalized spacial score (nSPS) is 14.4. The van der Waals surface area contributed by atoms with E-state index in [0.717, 1.165) is 16.7 Å². The molecule has 1 heterocycles. The molecule has 9 nitrogen and oxygen atoms in total. The van der Waals surface area contributed by atoms with Gasteiger partial charge in [-0.15, -0.1) is 0 Å². The topological polar surface area (TPSA) is 111 Å². The first-order valence-electron chi connectivity index (χ1n) is 9.98. The number of nitrogens with zero attached hydrogens (tertiary/aromatic N) is 1. The van der Waals surface area contributed by atoms with Crippen LogP contribution < -0.4 is 14.8 Å². The van der Waals surface area contributed by atoms with Crippen molar-refractivity contribution in [1.82, 2.24) is 4.90 Å². The molecule has 2 aromatic rings. The smallest absolute Gasteiger partial charge is 0.326 e. The zero-order valence-electron chi connectivity index (χ0n) is 18.0. The van der Waals surface area contributed by atoms with Gasteiger partial charge in [0.1, 0.15) is 6.54 Å². The van der Waals surface area contributed by atoms with Crippen molar-refractivity contribution in [2.45, 2.75) is 6.92 Å². The Morgan fingerprint density at radius 3 is 2.55 bits per heavy atom. The van der Waals surface area contributed by atoms with Gasteiger partial charge >= 0.3 is 5.97 Å². The SMILES string of the molecule is CCOC(=O)CN1C(=O)SC(=Cc2ccc(OCC(=O)Nc3ccccc3)c(OC)c2)C1=O. The van der Waals surface area contributed by atoms with Crippen LogP contribution in [0.15, 0.2) is 53.4 Å². The quantitative estimate of drug-likeness (QED) is 0.439. The highest BCUT2D eigenvalue weighted by Crippen LogP contribution is 2.34. The van der Waals surface area contributed by atoms with Gasteiger partial charge in [-0.1, -0.05) is 24.3 Å². The maximum atomic E-state index is 12.5. The van der Waals surface area contributed by atoms with Gasteiger partial charge in [-0.05, 0) is 54.6 Å². The van der Waals surface area contributed by atoms with E-state index in [4.69, 9.17) is 14.2 Å². The van der Waals surface area contributed by atoms with E-state index in [9.17, 15) is 19.2 Å². The van der Waals surface area contributed by atoms with Crippen molar-refractivity contribution in [3.63, 3.8) is 0 Å². The molecule has 0 atom stereocenters. The van der Waals surface area contributed by atoms with Crippen molar-refractivity contribution in [3.05, 3.63) is 59.0 Å². The number of carbonyl (C=O) groups excluding carboxylic acids is 4. The first-order chi connectivity index (χ1) is 15.9. The van der Waals surface area contributed by atoms with E-state index < -0.39 is 23.7 Å². The van der Waals surface area contributed by atoms with Crippen LogP contribution in [0.4, 0.5) is 10.5 Å². The molecule has 0 radical (unpaired) electrons. The number of ether oxygens (including phenoxy) is 3. The fourth-order valence-corrected chi connectivity index (χ4v) is 3.72. The van der Waals surface area contributed by atoms with Gasteiger partial charge in [0.05, 0.1) is 18.6 Å². The zero-order valence-corrected chi connectivity index (χ0v) is 18.8. The second-order valence-electron chi connectivity index (χ2n) is 6.69. The summed E-state index contributed by atoms with van der Waals surface area (Å²) < 4.78 is 15.7. The van der Waals surface area contributed by atoms with Gasteiger partial charge in [0.25, 0.3) is 17.1 Å². The lowest BCUT2D eigenvalue weighted by molar-refractivity contribution is -0.146. The van der Waals surface area contributed by atoms with E-state index >= 15 is 0 Å². The number of imide groups is 1. The summed E-state index contributed by atoms with van der Waals surface area (Å²) in [6, 6.07) is 13.9. The molecule has 0 spiro atoms. The number of anilines is 1. The van der Waals surface area contributed by atoms with Gasteiger partial charge in [-0.25, -0.2) is 0 Å². The van der Waals surface area contributed by atoms with Gasteiger partial charge in [-0.2, -0.15) is 0 Å². The molecule has 0 unspecified atom stereocenters. The maximum absolute atomic E-state index is 12.5. The van der Waals surface area contributed by atoms with E-state index in [0.29, 0.717) is 22.7 Å². The van der Waals surface area contributed by atoms with Crippen molar-refractivity contribution in [3.8, 4) is 11.5 Å². The summed E-state index contributed by atoms with van der Waals surface area (Å²) in [7, 11) is 1.45. The number of methoxy groups -OCH3 is 1. The third-order valence-electron chi connectivity index (χ3n) is 4.37. The lowest BCUT2D eigenvalue weighted by Crippen LogP contribution is -2.34. The fourth-order valence-electron chi connectivity index (χ4n) is 2.88. The minimum atomic E-state index is -0.652. The predicted molar refractivity (Wildman–Crippen MR) is 123 cm³/mol. The summed E-state index contributed by atoms with van der Waals surface area (Å²) in [6.07, 6.45) is 1.52. The van der Waals surface area contributed by atoms with Crippen molar-refractivity contribution >= 4 is 46.5 Å². The second-order valence-corrected chi connectivity index (χ2v) is 7.68. The first kappa shape index (κ1) is 23.9. The number of hydrogen-bond donors (Lipinski definition) is 1. The van der Waals surface area contributed by atoms with Crippen LogP contribution in [0.3, 0.4) is 0 Å². The number of amides is 3. The molecule has 0 aliphatic carbocycles. The molecule has 33 heavy (non-hydrogen) atoms. The summed E-state index contributed by atoms with van der Waals surface area (Å²) in [6.45, 7) is 1.14. The molecule has 2 aromatic carbocycles. The Balaban J connectivity index is 1.66. The number of esters is 1. The predicted octanol–water partition coefficient (Wildman–Crippen LogP) is 3.31. The Hall–Kier alpha value is -3.79. The summed E-state index contributed by atoms with van der Waals surface area (Å²) in [5.74, 6) is -0.867. The van der Waals surface area contributed by atoms with E-state index in [2.05, 4.69) is 5.32 Å². The number of nitrogens with one attached hydrogen (secondary N) is 1. The molecule has 1 fully saturated rings. The molecule has 0 saturated carbocycles. The molecule has 3 amide bonds. The monoisotopic (exact) mass is 470 g/mol. The average Bonchev–Trinajstić information content (AvgIpc) is 3.06. The summed E-state index contributed by atoms with van der Waals surface area (Å²) in [5.41, 5.74) is 1.24. The number of rotatable bonds is 9. The van der Waals surface area contributed by atoms with Crippen LogP contribution in [0.25, 0.3) is 6.08 Å². The molecule has 172 valence electrons. The van der Waals surface area contributed by atoms with Crippen molar-refractivity contribution < 1.29 is 33.4 Å². The molecular formula is C23H22N2O7S. The number of benzene rings is 2. The Morgan fingerprint density at radius 1 is 1.09 bits per heavy atom. The number of thioether (sulfide) groups is 1. The lowest BCUT2D eigenvalue weighted by Gasteiger charge is -2.12. The van der Waals surface area contributed by atoms with Crippen LogP contribution in [-0.4, -0.2) is 54.8 Å². The number of hydrogen-bond acceptors (Lipinski definition) is 8. The molecule has 0 aromatic heterocycles. The van der Waals surface area contributed by atoms with Gasteiger partial charge in [0, 0.05) is 5.69 Å². The highest BCUT2D eigenvalue weighted by atomic mass is 32.2. The lowest BCUT2D eigenvalue weighted by atomic mass is 10.2. The van der Waals surface area contributed by atoms with Crippen LogP contribution >= 0.6 is 11.8 Å². The molecule has 10 heteroatoms. The van der Waals surface area contributed by atoms with Gasteiger partial charge in [0.2, 0.25) is 0 Å². The Bertz CT molecular complexity index is 1090. The summed E-state index contributed by atoms with van der Waals surface area (Å²) >= 11 is 0.735. The minimum Gasteiger partial charge on any atom is -0.493 e. The maximum Gasteiger partial charge on any atom is 0.326 e. The molecule has 1 aliphatic heterocycles. The molecule has 1 aliphatic rings. The van der Waals surface area contributed by atoms with Crippen molar-refractivity contribution in [1.29, 1.82) is 0 Å². The first-order valence-corrected chi connectivity index (χ1v) is 10.8. The third kappa shape index (κ3) is 6.36. The van der Waals surface area contributed by atoms with Crippen LogP contribution in [0.2, 0.25) is 0 Å². The molecule has 1 saturated heterocycles. The average molecular weight is 471 g/mol. The summed E-state index contributed by atoms with van der Waals surface area (Å²) in [4.78, 5) is 49.4. The van der Waals surface area contributed by atoms with E-state index in [-0.39, 0.29) is 24.0 Å². The van der Waals surface area contributed by atoms with Crippen LogP contribution in [0.1, 0.15) is 12.5 Å². The molecule has 3 rings (SSSR count). The Labute approximate surface area is 194 Å². The van der Waals surface area contributed by atoms with Crippen LogP contribution in [0.5, 0.6) is 11.5 Å². The highest BCUT2D eigenvalue weighted by molar-refractivity contribution is 8.18. The zero-order chi connectivity index (χ0) is 23.8. The molecule has 0 bridgehead atoms. The van der Waals surface area contributed by atoms with Gasteiger partial charge in [0.15, 0.2) is 18.1 Å². The van der Waals surface area contributed by atoms with Crippen LogP contribution in [-0.2, 0) is 19.1 Å². The van der Waals surface area contributed by atoms with E-state index in [1.54, 1.807) is 37.3 Å². The number of para-hydroxylation sites is 1. The summed E-state index contributed by atoms with van der Waals surface area (Å²) in [5, 5.41) is 2.17. The van der Waals surface area contributed by atoms with E-state index in [1.165, 1.54) is 13.2 Å². The van der Waals surface area contributed by atoms with E-state index in [1.807, 2.05) is 18.2 Å². The minimum absolute atomic E-state index is 0.160. The molecule has 1 N–H and O–H groups in total. The van der Waals surface area contributed by atoms with Gasteiger partial charge in [-0.3, -0.25) is 24.1 Å². The number of carbonyl (C=O) groups is 4. The van der Waals surface area contributed by atoms with Crippen molar-refractivity contribution in [2.24, 2.45) is 0 Å². The standard InChI is InChI=1S/C23H22N2O7S/c1-3-31-21(27)13-25-22(28)19(33-23(25)29)12-15-9-10-17(18(11-15)30-2)32-14-20(26)24-16-7-5-4-6-8-16/h4-12H,3,13-14H2,1-2H3,(H,24,26). The van der Waals surface area contributed by atoms with Crippen molar-refractivity contribution in [2.75, 3.05) is 32.2 Å². The molecular weight excluding hydrogens is 448 g/mol.